The number of para-hydroxylation sites is 1. The van der Waals surface area contributed by atoms with Crippen molar-refractivity contribution in [3.63, 3.8) is 0 Å². The van der Waals surface area contributed by atoms with Crippen LogP contribution >= 0.6 is 0 Å². The number of hydrogen-bond donors (Lipinski definition) is 2. The Labute approximate surface area is 224 Å². The minimum Gasteiger partial charge on any atom is -0.360 e. The van der Waals surface area contributed by atoms with Crippen LogP contribution in [0.2, 0.25) is 0 Å². The second-order valence-corrected chi connectivity index (χ2v) is 9.94. The number of anilines is 1. The molecule has 0 aliphatic carbocycles. The van der Waals surface area contributed by atoms with Gasteiger partial charge in [0.2, 0.25) is 0 Å². The van der Waals surface area contributed by atoms with E-state index in [-0.39, 0.29) is 11.6 Å². The Bertz CT molecular complexity index is 1830. The summed E-state index contributed by atoms with van der Waals surface area (Å²) in [5.41, 5.74) is 4.68. The van der Waals surface area contributed by atoms with E-state index in [1.165, 1.54) is 6.33 Å². The Hall–Kier alpha value is -4.77. The van der Waals surface area contributed by atoms with Gasteiger partial charge in [-0.05, 0) is 51.7 Å². The molecule has 0 saturated heterocycles. The third kappa shape index (κ3) is 4.46. The van der Waals surface area contributed by atoms with Gasteiger partial charge in [0.25, 0.3) is 5.56 Å². The second-order valence-electron chi connectivity index (χ2n) is 9.94. The van der Waals surface area contributed by atoms with Crippen LogP contribution in [0.4, 0.5) is 5.82 Å². The highest BCUT2D eigenvalue weighted by Gasteiger charge is 2.22. The molecular formula is C28H30N10O. The molecule has 0 aliphatic rings. The van der Waals surface area contributed by atoms with Crippen molar-refractivity contribution in [1.29, 1.82) is 0 Å². The van der Waals surface area contributed by atoms with E-state index >= 15 is 0 Å². The Balaban J connectivity index is 1.42. The molecule has 5 heterocycles. The van der Waals surface area contributed by atoms with Crippen LogP contribution in [0, 0.1) is 6.92 Å². The molecule has 0 radical (unpaired) electrons. The zero-order valence-corrected chi connectivity index (χ0v) is 22.3. The van der Waals surface area contributed by atoms with Gasteiger partial charge in [0.1, 0.15) is 23.3 Å². The van der Waals surface area contributed by atoms with Gasteiger partial charge >= 0.3 is 0 Å². The zero-order valence-electron chi connectivity index (χ0n) is 22.3. The molecule has 0 unspecified atom stereocenters. The van der Waals surface area contributed by atoms with Crippen molar-refractivity contribution in [3.05, 3.63) is 89.3 Å². The van der Waals surface area contributed by atoms with E-state index in [1.807, 2.05) is 93.8 Å². The fraction of sp³-hybridized carbons (Fsp3) is 0.250. The lowest BCUT2D eigenvalue weighted by molar-refractivity contribution is 0.373. The fourth-order valence-electron chi connectivity index (χ4n) is 4.84. The molecule has 39 heavy (non-hydrogen) atoms. The van der Waals surface area contributed by atoms with Gasteiger partial charge in [0.15, 0.2) is 5.82 Å². The van der Waals surface area contributed by atoms with Crippen LogP contribution < -0.4 is 10.9 Å². The Morgan fingerprint density at radius 2 is 1.95 bits per heavy atom. The molecule has 0 aliphatic heterocycles. The van der Waals surface area contributed by atoms with Gasteiger partial charge in [-0.2, -0.15) is 10.2 Å². The maximum atomic E-state index is 13.7. The summed E-state index contributed by atoms with van der Waals surface area (Å²) in [4.78, 5) is 28.1. The molecule has 11 nitrogen and oxygen atoms in total. The highest BCUT2D eigenvalue weighted by atomic mass is 16.1. The van der Waals surface area contributed by atoms with E-state index in [0.717, 1.165) is 40.9 Å². The Kier molecular flexibility index (Phi) is 6.20. The summed E-state index contributed by atoms with van der Waals surface area (Å²) in [6, 6.07) is 11.1. The van der Waals surface area contributed by atoms with Crippen LogP contribution in [0.15, 0.2) is 72.3 Å². The monoisotopic (exact) mass is 522 g/mol. The first-order valence-electron chi connectivity index (χ1n) is 12.8. The summed E-state index contributed by atoms with van der Waals surface area (Å²) in [6.45, 7) is 5.58. The summed E-state index contributed by atoms with van der Waals surface area (Å²) in [5.74, 6) is 1.21. The average Bonchev–Trinajstić information content (AvgIpc) is 3.66. The summed E-state index contributed by atoms with van der Waals surface area (Å²) in [6.07, 6.45) is 9.15. The molecule has 1 atom stereocenters. The lowest BCUT2D eigenvalue weighted by Gasteiger charge is -2.20. The Morgan fingerprint density at radius 1 is 1.13 bits per heavy atom. The first-order valence-corrected chi connectivity index (χ1v) is 12.8. The highest BCUT2D eigenvalue weighted by Crippen LogP contribution is 2.33. The standard InChI is InChI=1S/C28H30N10O/c1-18-10-11-37-24(18)28(39)38(21-8-6-5-7-9-21)27(34-37)19(2)33-26-23-22(15-29-25(23)30-17-31-26)20-14-32-36(16-20)13-12-35(3)4/h5-11,14-17,19H,12-13H2,1-4H3,(H2,29,30,31,33)/t19-/m0/s1. The van der Waals surface area contributed by atoms with Crippen LogP contribution in [-0.4, -0.2) is 64.5 Å². The second kappa shape index (κ2) is 9.84. The Morgan fingerprint density at radius 3 is 2.74 bits per heavy atom. The third-order valence-corrected chi connectivity index (χ3v) is 6.86. The van der Waals surface area contributed by atoms with Crippen LogP contribution in [0.3, 0.4) is 0 Å². The SMILES string of the molecule is Cc1ccn2nc([C@H](C)Nc3ncnc4[nH]cc(-c5cnn(CCN(C)C)c5)c34)n(-c3ccccc3)c(=O)c12. The van der Waals surface area contributed by atoms with Crippen molar-refractivity contribution in [3.8, 4) is 16.8 Å². The first kappa shape index (κ1) is 24.6. The van der Waals surface area contributed by atoms with Crippen LogP contribution in [0.25, 0.3) is 33.4 Å². The number of nitrogens with zero attached hydrogens (tertiary/aromatic N) is 8. The third-order valence-electron chi connectivity index (χ3n) is 6.86. The van der Waals surface area contributed by atoms with E-state index in [2.05, 4.69) is 30.3 Å². The molecule has 1 aromatic carbocycles. The number of aromatic amines is 1. The average molecular weight is 523 g/mol. The van der Waals surface area contributed by atoms with Gasteiger partial charge in [-0.25, -0.2) is 14.5 Å². The molecule has 0 spiro atoms. The van der Waals surface area contributed by atoms with Crippen molar-refractivity contribution in [1.82, 2.24) is 43.8 Å². The molecule has 6 rings (SSSR count). The number of H-pyrrole nitrogens is 1. The molecular weight excluding hydrogens is 492 g/mol. The van der Waals surface area contributed by atoms with Crippen molar-refractivity contribution in [2.75, 3.05) is 26.0 Å². The molecule has 6 aromatic rings. The summed E-state index contributed by atoms with van der Waals surface area (Å²) >= 11 is 0. The normalized spacial score (nSPS) is 12.5. The highest BCUT2D eigenvalue weighted by molar-refractivity contribution is 6.00. The van der Waals surface area contributed by atoms with Crippen molar-refractivity contribution in [2.24, 2.45) is 0 Å². The summed E-state index contributed by atoms with van der Waals surface area (Å²) in [7, 11) is 4.09. The molecule has 2 N–H and O–H groups in total. The maximum absolute atomic E-state index is 13.7. The van der Waals surface area contributed by atoms with E-state index in [4.69, 9.17) is 5.10 Å². The minimum atomic E-state index is -0.367. The number of aromatic nitrogens is 8. The number of hydrogen-bond acceptors (Lipinski definition) is 7. The van der Waals surface area contributed by atoms with E-state index in [0.29, 0.717) is 22.8 Å². The van der Waals surface area contributed by atoms with Gasteiger partial charge in [0, 0.05) is 36.3 Å². The van der Waals surface area contributed by atoms with E-state index < -0.39 is 0 Å². The van der Waals surface area contributed by atoms with Crippen molar-refractivity contribution >= 4 is 22.4 Å². The largest absolute Gasteiger partial charge is 0.360 e. The topological polar surface area (TPSA) is 114 Å². The lowest BCUT2D eigenvalue weighted by Crippen LogP contribution is -2.29. The van der Waals surface area contributed by atoms with Crippen LogP contribution in [0.5, 0.6) is 0 Å². The predicted octanol–water partition coefficient (Wildman–Crippen LogP) is 3.66. The van der Waals surface area contributed by atoms with Gasteiger partial charge in [-0.3, -0.25) is 14.0 Å². The van der Waals surface area contributed by atoms with Gasteiger partial charge in [-0.15, -0.1) is 0 Å². The number of benzene rings is 1. The molecule has 198 valence electrons. The van der Waals surface area contributed by atoms with Crippen molar-refractivity contribution in [2.45, 2.75) is 26.4 Å². The fourth-order valence-corrected chi connectivity index (χ4v) is 4.84. The molecule has 0 fully saturated rings. The summed E-state index contributed by atoms with van der Waals surface area (Å²) in [5, 5.41) is 13.8. The maximum Gasteiger partial charge on any atom is 0.282 e. The van der Waals surface area contributed by atoms with Gasteiger partial charge < -0.3 is 15.2 Å². The van der Waals surface area contributed by atoms with Crippen LogP contribution in [-0.2, 0) is 6.54 Å². The predicted molar refractivity (Wildman–Crippen MR) is 151 cm³/mol. The molecule has 11 heteroatoms. The van der Waals surface area contributed by atoms with Gasteiger partial charge in [-0.1, -0.05) is 18.2 Å². The molecule has 0 saturated carbocycles. The number of nitrogens with one attached hydrogen (secondary N) is 2. The molecule has 0 bridgehead atoms. The quantitative estimate of drug-likeness (QED) is 0.314. The van der Waals surface area contributed by atoms with Crippen LogP contribution in [0.1, 0.15) is 24.4 Å². The molecule has 0 amide bonds. The smallest absolute Gasteiger partial charge is 0.282 e. The minimum absolute atomic E-state index is 0.123. The van der Waals surface area contributed by atoms with E-state index in [9.17, 15) is 4.79 Å². The summed E-state index contributed by atoms with van der Waals surface area (Å²) < 4.78 is 5.26. The van der Waals surface area contributed by atoms with E-state index in [1.54, 1.807) is 9.08 Å². The number of rotatable bonds is 8. The lowest BCUT2D eigenvalue weighted by atomic mass is 10.1. The number of fused-ring (bicyclic) bond motifs is 2. The zero-order chi connectivity index (χ0) is 27.1. The molecule has 5 aromatic heterocycles. The van der Waals surface area contributed by atoms with Gasteiger partial charge in [0.05, 0.1) is 29.9 Å². The number of aryl methyl sites for hydroxylation is 1. The first-order chi connectivity index (χ1) is 18.9. The van der Waals surface area contributed by atoms with Crippen molar-refractivity contribution < 1.29 is 0 Å². The number of likely N-dealkylation sites (N-methyl/N-ethyl adjacent to an activating group) is 1.